The van der Waals surface area contributed by atoms with Gasteiger partial charge in [0, 0.05) is 36.6 Å². The third-order valence-electron chi connectivity index (χ3n) is 3.01. The Morgan fingerprint density at radius 1 is 1.45 bits per heavy atom. The van der Waals surface area contributed by atoms with Crippen molar-refractivity contribution in [1.29, 1.82) is 0 Å². The summed E-state index contributed by atoms with van der Waals surface area (Å²) in [5.74, 6) is 0.0917. The van der Waals surface area contributed by atoms with E-state index < -0.39 is 0 Å². The number of nitrogens with one attached hydrogen (secondary N) is 2. The molecule has 0 unspecified atom stereocenters. The summed E-state index contributed by atoms with van der Waals surface area (Å²) in [4.78, 5) is 18.4. The highest BCUT2D eigenvalue weighted by Gasteiger charge is 2.10. The van der Waals surface area contributed by atoms with Crippen LogP contribution in [0.1, 0.15) is 36.5 Å². The predicted molar refractivity (Wildman–Crippen MR) is 82.1 cm³/mol. The normalized spacial score (nSPS) is 11.4. The average molecular weight is 294 g/mol. The molecule has 5 nitrogen and oxygen atoms in total. The fourth-order valence-corrected chi connectivity index (χ4v) is 3.01. The molecule has 1 amide bonds. The summed E-state index contributed by atoms with van der Waals surface area (Å²) in [6.45, 7) is 9.46. The summed E-state index contributed by atoms with van der Waals surface area (Å²) in [5.41, 5.74) is 2.23. The summed E-state index contributed by atoms with van der Waals surface area (Å²) in [6, 6.07) is 0.202. The number of thiazole rings is 1. The van der Waals surface area contributed by atoms with Crippen molar-refractivity contribution < 1.29 is 4.79 Å². The molecule has 0 aromatic carbocycles. The highest BCUT2D eigenvalue weighted by atomic mass is 32.1. The molecule has 20 heavy (non-hydrogen) atoms. The Kier molecular flexibility index (Phi) is 4.77. The summed E-state index contributed by atoms with van der Waals surface area (Å²) in [6.07, 6.45) is 2.62. The van der Waals surface area contributed by atoms with E-state index in [1.54, 1.807) is 11.3 Å². The molecule has 2 N–H and O–H groups in total. The van der Waals surface area contributed by atoms with Crippen LogP contribution in [0.4, 0.5) is 0 Å². The van der Waals surface area contributed by atoms with Crippen LogP contribution >= 0.6 is 11.3 Å². The molecule has 2 rings (SSSR count). The number of hydrogen-bond acceptors (Lipinski definition) is 4. The second-order valence-corrected chi connectivity index (χ2v) is 6.50. The second kappa shape index (κ2) is 6.37. The molecule has 0 saturated carbocycles. The highest BCUT2D eigenvalue weighted by molar-refractivity contribution is 7.17. The number of hydrogen-bond donors (Lipinski definition) is 2. The van der Waals surface area contributed by atoms with Gasteiger partial charge < -0.3 is 10.6 Å². The SMILES string of the molecule is Cc1cn2c(CNCCC(=O)NC(C)C)c(C)nc2s1. The molecule has 0 bridgehead atoms. The monoisotopic (exact) mass is 294 g/mol. The number of aromatic nitrogens is 2. The van der Waals surface area contributed by atoms with Gasteiger partial charge in [-0.25, -0.2) is 4.98 Å². The summed E-state index contributed by atoms with van der Waals surface area (Å²) in [7, 11) is 0. The van der Waals surface area contributed by atoms with E-state index in [4.69, 9.17) is 0 Å². The van der Waals surface area contributed by atoms with Crippen molar-refractivity contribution in [2.24, 2.45) is 0 Å². The lowest BCUT2D eigenvalue weighted by Gasteiger charge is -2.09. The first-order chi connectivity index (χ1) is 9.47. The van der Waals surface area contributed by atoms with Crippen LogP contribution in [0.15, 0.2) is 6.20 Å². The molecule has 0 spiro atoms. The van der Waals surface area contributed by atoms with Gasteiger partial charge in [-0.05, 0) is 27.7 Å². The van der Waals surface area contributed by atoms with Crippen molar-refractivity contribution >= 4 is 22.2 Å². The van der Waals surface area contributed by atoms with Crippen LogP contribution in [0.2, 0.25) is 0 Å². The van der Waals surface area contributed by atoms with Crippen LogP contribution in [-0.2, 0) is 11.3 Å². The molecule has 0 aliphatic rings. The standard InChI is InChI=1S/C14H22N4OS/c1-9(2)16-13(19)5-6-15-7-12-11(4)17-14-18(12)8-10(3)20-14/h8-9,15H,5-7H2,1-4H3,(H,16,19). The number of carbonyl (C=O) groups is 1. The van der Waals surface area contributed by atoms with Gasteiger partial charge in [0.2, 0.25) is 5.91 Å². The summed E-state index contributed by atoms with van der Waals surface area (Å²) < 4.78 is 2.14. The minimum Gasteiger partial charge on any atom is -0.354 e. The Morgan fingerprint density at radius 2 is 2.20 bits per heavy atom. The van der Waals surface area contributed by atoms with Gasteiger partial charge in [-0.1, -0.05) is 0 Å². The lowest BCUT2D eigenvalue weighted by atomic mass is 10.3. The minimum absolute atomic E-state index is 0.0917. The van der Waals surface area contributed by atoms with Crippen LogP contribution < -0.4 is 10.6 Å². The first-order valence-corrected chi connectivity index (χ1v) is 7.73. The van der Waals surface area contributed by atoms with E-state index >= 15 is 0 Å². The van der Waals surface area contributed by atoms with Gasteiger partial charge in [0.05, 0.1) is 11.4 Å². The summed E-state index contributed by atoms with van der Waals surface area (Å²) >= 11 is 1.70. The van der Waals surface area contributed by atoms with E-state index in [1.807, 2.05) is 20.8 Å². The number of carbonyl (C=O) groups excluding carboxylic acids is 1. The van der Waals surface area contributed by atoms with Gasteiger partial charge in [0.15, 0.2) is 4.96 Å². The number of rotatable bonds is 6. The molecule has 0 fully saturated rings. The van der Waals surface area contributed by atoms with Crippen molar-refractivity contribution in [3.63, 3.8) is 0 Å². The van der Waals surface area contributed by atoms with Crippen molar-refractivity contribution in [2.45, 2.75) is 46.7 Å². The van der Waals surface area contributed by atoms with Crippen LogP contribution in [0.5, 0.6) is 0 Å². The first-order valence-electron chi connectivity index (χ1n) is 6.91. The van der Waals surface area contributed by atoms with Crippen molar-refractivity contribution in [1.82, 2.24) is 20.0 Å². The van der Waals surface area contributed by atoms with Gasteiger partial charge in [0.1, 0.15) is 0 Å². The molecule has 0 aliphatic heterocycles. The maximum atomic E-state index is 11.5. The number of aryl methyl sites for hydroxylation is 2. The van der Waals surface area contributed by atoms with Gasteiger partial charge in [-0.15, -0.1) is 11.3 Å². The molecule has 0 radical (unpaired) electrons. The van der Waals surface area contributed by atoms with Crippen molar-refractivity contribution in [3.8, 4) is 0 Å². The molecular formula is C14H22N4OS. The highest BCUT2D eigenvalue weighted by Crippen LogP contribution is 2.20. The maximum Gasteiger partial charge on any atom is 0.221 e. The molecule has 2 aromatic rings. The topological polar surface area (TPSA) is 58.4 Å². The van der Waals surface area contributed by atoms with Crippen LogP contribution in [0.25, 0.3) is 4.96 Å². The van der Waals surface area contributed by atoms with Crippen LogP contribution in [0.3, 0.4) is 0 Å². The van der Waals surface area contributed by atoms with E-state index in [0.717, 1.165) is 17.2 Å². The number of nitrogens with zero attached hydrogens (tertiary/aromatic N) is 2. The fourth-order valence-electron chi connectivity index (χ4n) is 2.12. The quantitative estimate of drug-likeness (QED) is 0.801. The van der Waals surface area contributed by atoms with E-state index in [2.05, 4.69) is 33.1 Å². The van der Waals surface area contributed by atoms with Crippen LogP contribution in [-0.4, -0.2) is 27.9 Å². The Balaban J connectivity index is 1.86. The number of imidazole rings is 1. The zero-order chi connectivity index (χ0) is 14.7. The number of amides is 1. The first kappa shape index (κ1) is 15.0. The summed E-state index contributed by atoms with van der Waals surface area (Å²) in [5, 5.41) is 6.20. The third kappa shape index (κ3) is 3.58. The lowest BCUT2D eigenvalue weighted by Crippen LogP contribution is -2.32. The van der Waals surface area contributed by atoms with Gasteiger partial charge in [-0.2, -0.15) is 0 Å². The minimum atomic E-state index is 0.0917. The number of fused-ring (bicyclic) bond motifs is 1. The third-order valence-corrected chi connectivity index (χ3v) is 3.91. The molecule has 0 atom stereocenters. The Bertz CT molecular complexity index is 600. The van der Waals surface area contributed by atoms with E-state index in [9.17, 15) is 4.79 Å². The Hall–Kier alpha value is -1.40. The molecule has 0 aliphatic carbocycles. The van der Waals surface area contributed by atoms with E-state index in [1.165, 1.54) is 10.6 Å². The molecule has 6 heteroatoms. The Morgan fingerprint density at radius 3 is 2.90 bits per heavy atom. The molecule has 2 aromatic heterocycles. The van der Waals surface area contributed by atoms with Gasteiger partial charge >= 0.3 is 0 Å². The maximum absolute atomic E-state index is 11.5. The zero-order valence-electron chi connectivity index (χ0n) is 12.5. The second-order valence-electron chi connectivity index (χ2n) is 5.29. The predicted octanol–water partition coefficient (Wildman–Crippen LogP) is 2.02. The molecule has 2 heterocycles. The molecular weight excluding hydrogens is 272 g/mol. The van der Waals surface area contributed by atoms with Gasteiger partial charge in [0.25, 0.3) is 0 Å². The zero-order valence-corrected chi connectivity index (χ0v) is 13.3. The average Bonchev–Trinajstić information content (AvgIpc) is 2.80. The molecule has 110 valence electrons. The van der Waals surface area contributed by atoms with E-state index in [-0.39, 0.29) is 11.9 Å². The van der Waals surface area contributed by atoms with Gasteiger partial charge in [-0.3, -0.25) is 9.20 Å². The van der Waals surface area contributed by atoms with Crippen LogP contribution in [0, 0.1) is 13.8 Å². The Labute approximate surface area is 123 Å². The smallest absolute Gasteiger partial charge is 0.221 e. The molecule has 0 saturated heterocycles. The van der Waals surface area contributed by atoms with E-state index in [0.29, 0.717) is 13.0 Å². The fraction of sp³-hybridized carbons (Fsp3) is 0.571. The lowest BCUT2D eigenvalue weighted by molar-refractivity contribution is -0.121. The van der Waals surface area contributed by atoms with Crippen molar-refractivity contribution in [3.05, 3.63) is 22.5 Å². The largest absolute Gasteiger partial charge is 0.354 e. The van der Waals surface area contributed by atoms with Crippen molar-refractivity contribution in [2.75, 3.05) is 6.54 Å².